The largest absolute Gasteiger partial charge is 0.398 e. The monoisotopic (exact) mass is 188 g/mol. The Labute approximate surface area is 82.4 Å². The zero-order chi connectivity index (χ0) is 9.97. The third-order valence-electron chi connectivity index (χ3n) is 2.15. The molecule has 0 aliphatic heterocycles. The minimum absolute atomic E-state index is 0.709. The van der Waals surface area contributed by atoms with Crippen LogP contribution >= 0.6 is 0 Å². The highest BCUT2D eigenvalue weighted by Crippen LogP contribution is 2.22. The third-order valence-corrected chi connectivity index (χ3v) is 2.15. The maximum absolute atomic E-state index is 5.84. The Morgan fingerprint density at radius 3 is 3.00 bits per heavy atom. The summed E-state index contributed by atoms with van der Waals surface area (Å²) in [6.07, 6.45) is 7.12. The maximum atomic E-state index is 5.84. The van der Waals surface area contributed by atoms with Crippen LogP contribution in [-0.2, 0) is 6.54 Å². The minimum atomic E-state index is 0.709. The molecule has 0 bridgehead atoms. The van der Waals surface area contributed by atoms with Crippen molar-refractivity contribution in [3.05, 3.63) is 30.9 Å². The number of hydrogen-bond donors (Lipinski definition) is 1. The lowest BCUT2D eigenvalue weighted by Crippen LogP contribution is -1.99. The van der Waals surface area contributed by atoms with Crippen molar-refractivity contribution in [3.8, 4) is 11.4 Å². The molecule has 0 amide bonds. The van der Waals surface area contributed by atoms with Crippen LogP contribution in [0.15, 0.2) is 30.9 Å². The molecule has 72 valence electrons. The summed E-state index contributed by atoms with van der Waals surface area (Å²) in [5.74, 6) is 0.873. The van der Waals surface area contributed by atoms with Crippen LogP contribution in [0.3, 0.4) is 0 Å². The van der Waals surface area contributed by atoms with Crippen LogP contribution in [0.1, 0.15) is 6.92 Å². The van der Waals surface area contributed by atoms with Crippen molar-refractivity contribution in [1.82, 2.24) is 14.5 Å². The second kappa shape index (κ2) is 3.49. The molecule has 0 unspecified atom stereocenters. The maximum Gasteiger partial charge on any atom is 0.143 e. The standard InChI is InChI=1S/C10H12N4/c1-2-14-6-5-13-10(14)8-7-12-4-3-9(8)11/h3-7H,2H2,1H3,(H2,11,12). The van der Waals surface area contributed by atoms with Gasteiger partial charge in [-0.2, -0.15) is 0 Å². The van der Waals surface area contributed by atoms with Crippen LogP contribution in [-0.4, -0.2) is 14.5 Å². The molecule has 2 aromatic rings. The number of imidazole rings is 1. The van der Waals surface area contributed by atoms with E-state index in [1.165, 1.54) is 0 Å². The topological polar surface area (TPSA) is 56.7 Å². The smallest absolute Gasteiger partial charge is 0.143 e. The van der Waals surface area contributed by atoms with E-state index in [1.807, 2.05) is 10.8 Å². The van der Waals surface area contributed by atoms with E-state index in [9.17, 15) is 0 Å². The molecule has 0 aromatic carbocycles. The predicted octanol–water partition coefficient (Wildman–Crippen LogP) is 1.55. The van der Waals surface area contributed by atoms with Gasteiger partial charge in [0.2, 0.25) is 0 Å². The fraction of sp³-hybridized carbons (Fsp3) is 0.200. The van der Waals surface area contributed by atoms with Gasteiger partial charge in [-0.15, -0.1) is 0 Å². The molecule has 0 spiro atoms. The van der Waals surface area contributed by atoms with Crippen LogP contribution in [0, 0.1) is 0 Å². The summed E-state index contributed by atoms with van der Waals surface area (Å²) in [6, 6.07) is 1.78. The van der Waals surface area contributed by atoms with Gasteiger partial charge in [0.1, 0.15) is 5.82 Å². The molecule has 4 nitrogen and oxygen atoms in total. The SMILES string of the molecule is CCn1ccnc1-c1cnccc1N. The molecule has 4 heteroatoms. The van der Waals surface area contributed by atoms with Crippen LogP contribution in [0.4, 0.5) is 5.69 Å². The van der Waals surface area contributed by atoms with Crippen LogP contribution < -0.4 is 5.73 Å². The Kier molecular flexibility index (Phi) is 2.18. The van der Waals surface area contributed by atoms with E-state index in [2.05, 4.69) is 16.9 Å². The molecular weight excluding hydrogens is 176 g/mol. The van der Waals surface area contributed by atoms with E-state index < -0.39 is 0 Å². The highest BCUT2D eigenvalue weighted by atomic mass is 15.1. The van der Waals surface area contributed by atoms with E-state index in [4.69, 9.17) is 5.73 Å². The highest BCUT2D eigenvalue weighted by Gasteiger charge is 2.07. The molecule has 0 saturated carbocycles. The first-order valence-corrected chi connectivity index (χ1v) is 4.54. The van der Waals surface area contributed by atoms with Gasteiger partial charge in [-0.05, 0) is 13.0 Å². The molecular formula is C10H12N4. The number of hydrogen-bond acceptors (Lipinski definition) is 3. The Balaban J connectivity index is 2.54. The number of nitrogens with zero attached hydrogens (tertiary/aromatic N) is 3. The van der Waals surface area contributed by atoms with Crippen molar-refractivity contribution in [2.45, 2.75) is 13.5 Å². The van der Waals surface area contributed by atoms with E-state index in [0.717, 1.165) is 17.9 Å². The number of pyridine rings is 1. The normalized spacial score (nSPS) is 10.4. The molecule has 2 rings (SSSR count). The second-order valence-electron chi connectivity index (χ2n) is 3.00. The summed E-state index contributed by atoms with van der Waals surface area (Å²) in [7, 11) is 0. The summed E-state index contributed by atoms with van der Waals surface area (Å²) in [5.41, 5.74) is 7.44. The van der Waals surface area contributed by atoms with Gasteiger partial charge >= 0.3 is 0 Å². The Morgan fingerprint density at radius 1 is 1.43 bits per heavy atom. The number of rotatable bonds is 2. The minimum Gasteiger partial charge on any atom is -0.398 e. The molecule has 2 N–H and O–H groups in total. The van der Waals surface area contributed by atoms with E-state index in [-0.39, 0.29) is 0 Å². The number of nitrogen functional groups attached to an aromatic ring is 1. The predicted molar refractivity (Wildman–Crippen MR) is 55.5 cm³/mol. The summed E-state index contributed by atoms with van der Waals surface area (Å²) in [4.78, 5) is 8.30. The van der Waals surface area contributed by atoms with Gasteiger partial charge in [-0.25, -0.2) is 4.98 Å². The van der Waals surface area contributed by atoms with Gasteiger partial charge in [0.05, 0.1) is 5.56 Å². The fourth-order valence-corrected chi connectivity index (χ4v) is 1.40. The van der Waals surface area contributed by atoms with Crippen LogP contribution in [0.2, 0.25) is 0 Å². The number of aromatic nitrogens is 3. The first kappa shape index (κ1) is 8.74. The van der Waals surface area contributed by atoms with Gasteiger partial charge in [-0.3, -0.25) is 4.98 Å². The van der Waals surface area contributed by atoms with Gasteiger partial charge < -0.3 is 10.3 Å². The summed E-state index contributed by atoms with van der Waals surface area (Å²) < 4.78 is 2.04. The lowest BCUT2D eigenvalue weighted by Gasteiger charge is -2.06. The number of anilines is 1. The number of aryl methyl sites for hydroxylation is 1. The van der Waals surface area contributed by atoms with E-state index in [1.54, 1.807) is 24.7 Å². The number of nitrogens with two attached hydrogens (primary N) is 1. The summed E-state index contributed by atoms with van der Waals surface area (Å²) in [5, 5.41) is 0. The zero-order valence-electron chi connectivity index (χ0n) is 8.01. The van der Waals surface area contributed by atoms with Crippen molar-refractivity contribution in [1.29, 1.82) is 0 Å². The van der Waals surface area contributed by atoms with Crippen molar-refractivity contribution < 1.29 is 0 Å². The van der Waals surface area contributed by atoms with E-state index >= 15 is 0 Å². The van der Waals surface area contributed by atoms with Gasteiger partial charge in [-0.1, -0.05) is 0 Å². The van der Waals surface area contributed by atoms with Crippen molar-refractivity contribution >= 4 is 5.69 Å². The Bertz CT molecular complexity index is 433. The average Bonchev–Trinajstić information content (AvgIpc) is 2.66. The molecule has 0 atom stereocenters. The zero-order valence-corrected chi connectivity index (χ0v) is 8.01. The van der Waals surface area contributed by atoms with Crippen molar-refractivity contribution in [2.24, 2.45) is 0 Å². The molecule has 0 radical (unpaired) electrons. The van der Waals surface area contributed by atoms with Crippen LogP contribution in [0.25, 0.3) is 11.4 Å². The molecule has 0 aliphatic rings. The Morgan fingerprint density at radius 2 is 2.29 bits per heavy atom. The fourth-order valence-electron chi connectivity index (χ4n) is 1.40. The molecule has 2 heterocycles. The lowest BCUT2D eigenvalue weighted by molar-refractivity contribution is 0.770. The first-order chi connectivity index (χ1) is 6.83. The highest BCUT2D eigenvalue weighted by molar-refractivity contribution is 5.70. The molecule has 0 saturated heterocycles. The molecule has 0 fully saturated rings. The van der Waals surface area contributed by atoms with E-state index in [0.29, 0.717) is 5.69 Å². The van der Waals surface area contributed by atoms with Crippen molar-refractivity contribution in [3.63, 3.8) is 0 Å². The second-order valence-corrected chi connectivity index (χ2v) is 3.00. The average molecular weight is 188 g/mol. The Hall–Kier alpha value is -1.84. The molecule has 2 aromatic heterocycles. The quantitative estimate of drug-likeness (QED) is 0.777. The lowest BCUT2D eigenvalue weighted by atomic mass is 10.2. The van der Waals surface area contributed by atoms with Gasteiger partial charge in [0, 0.05) is 37.0 Å². The molecule has 0 aliphatic carbocycles. The molecule has 14 heavy (non-hydrogen) atoms. The van der Waals surface area contributed by atoms with Gasteiger partial charge in [0.15, 0.2) is 0 Å². The van der Waals surface area contributed by atoms with Gasteiger partial charge in [0.25, 0.3) is 0 Å². The summed E-state index contributed by atoms with van der Waals surface area (Å²) >= 11 is 0. The summed E-state index contributed by atoms with van der Waals surface area (Å²) in [6.45, 7) is 2.95. The van der Waals surface area contributed by atoms with Crippen molar-refractivity contribution in [2.75, 3.05) is 5.73 Å². The van der Waals surface area contributed by atoms with Crippen LogP contribution in [0.5, 0.6) is 0 Å². The third kappa shape index (κ3) is 1.35. The first-order valence-electron chi connectivity index (χ1n) is 4.54.